The maximum Gasteiger partial charge on any atom is 0.0490 e. The zero-order valence-electron chi connectivity index (χ0n) is 11.6. The van der Waals surface area contributed by atoms with E-state index in [2.05, 4.69) is 98.7 Å². The Balaban J connectivity index is 1.87. The van der Waals surface area contributed by atoms with Crippen molar-refractivity contribution < 1.29 is 0 Å². The summed E-state index contributed by atoms with van der Waals surface area (Å²) in [6, 6.07) is 21.5. The molecule has 1 nitrogen and oxygen atoms in total. The summed E-state index contributed by atoms with van der Waals surface area (Å²) in [6.07, 6.45) is 0. The molecule has 0 bridgehead atoms. The molecular formula is C18H15Br2N. The van der Waals surface area contributed by atoms with Crippen LogP contribution >= 0.6 is 31.9 Å². The molecule has 0 heterocycles. The second-order valence-electron chi connectivity index (χ2n) is 5.10. The van der Waals surface area contributed by atoms with Crippen molar-refractivity contribution in [2.24, 2.45) is 0 Å². The minimum Gasteiger partial charge on any atom is -0.378 e. The van der Waals surface area contributed by atoms with Crippen LogP contribution in [0, 0.1) is 0 Å². The summed E-state index contributed by atoms with van der Waals surface area (Å²) in [5.41, 5.74) is 2.38. The van der Waals surface area contributed by atoms with Crippen LogP contribution in [0.5, 0.6) is 0 Å². The Morgan fingerprint density at radius 2 is 1.62 bits per heavy atom. The van der Waals surface area contributed by atoms with Gasteiger partial charge >= 0.3 is 0 Å². The average molecular weight is 405 g/mol. The van der Waals surface area contributed by atoms with Crippen molar-refractivity contribution in [1.82, 2.24) is 0 Å². The average Bonchev–Trinajstić information content (AvgIpc) is 2.49. The lowest BCUT2D eigenvalue weighted by Crippen LogP contribution is -2.07. The molecule has 3 aromatic carbocycles. The Labute approximate surface area is 141 Å². The summed E-state index contributed by atoms with van der Waals surface area (Å²) in [5, 5.41) is 6.10. The van der Waals surface area contributed by atoms with Crippen LogP contribution in [0.1, 0.15) is 18.5 Å². The number of benzene rings is 3. The lowest BCUT2D eigenvalue weighted by molar-refractivity contribution is 0.885. The van der Waals surface area contributed by atoms with Crippen molar-refractivity contribution in [3.63, 3.8) is 0 Å². The van der Waals surface area contributed by atoms with Crippen molar-refractivity contribution in [3.05, 3.63) is 75.2 Å². The van der Waals surface area contributed by atoms with Crippen LogP contribution in [0.25, 0.3) is 10.8 Å². The summed E-state index contributed by atoms with van der Waals surface area (Å²) in [7, 11) is 0. The van der Waals surface area contributed by atoms with Crippen molar-refractivity contribution >= 4 is 48.3 Å². The van der Waals surface area contributed by atoms with Crippen LogP contribution in [0.4, 0.5) is 5.69 Å². The fourth-order valence-electron chi connectivity index (χ4n) is 2.40. The first-order chi connectivity index (χ1) is 10.1. The maximum atomic E-state index is 3.60. The molecule has 0 saturated heterocycles. The van der Waals surface area contributed by atoms with Gasteiger partial charge in [0, 0.05) is 20.7 Å². The zero-order valence-corrected chi connectivity index (χ0v) is 14.8. The van der Waals surface area contributed by atoms with E-state index in [1.807, 2.05) is 6.07 Å². The Morgan fingerprint density at radius 3 is 2.38 bits per heavy atom. The summed E-state index contributed by atoms with van der Waals surface area (Å²) < 4.78 is 2.13. The molecule has 0 aromatic heterocycles. The van der Waals surface area contributed by atoms with E-state index in [4.69, 9.17) is 0 Å². The molecule has 0 fully saturated rings. The molecule has 0 amide bonds. The molecule has 0 spiro atoms. The molecule has 0 saturated carbocycles. The third-order valence-corrected chi connectivity index (χ3v) is 4.73. The highest BCUT2D eigenvalue weighted by molar-refractivity contribution is 9.11. The largest absolute Gasteiger partial charge is 0.378 e. The number of rotatable bonds is 3. The van der Waals surface area contributed by atoms with Crippen LogP contribution in [-0.2, 0) is 0 Å². The van der Waals surface area contributed by atoms with Crippen LogP contribution in [0.3, 0.4) is 0 Å². The molecule has 0 aliphatic carbocycles. The van der Waals surface area contributed by atoms with Gasteiger partial charge in [-0.05, 0) is 63.5 Å². The molecule has 1 unspecified atom stereocenters. The van der Waals surface area contributed by atoms with E-state index in [9.17, 15) is 0 Å². The first-order valence-corrected chi connectivity index (χ1v) is 8.42. The van der Waals surface area contributed by atoms with Gasteiger partial charge in [0.1, 0.15) is 0 Å². The minimum absolute atomic E-state index is 0.243. The van der Waals surface area contributed by atoms with Gasteiger partial charge in [-0.25, -0.2) is 0 Å². The van der Waals surface area contributed by atoms with Crippen molar-refractivity contribution in [2.75, 3.05) is 5.32 Å². The standard InChI is InChI=1S/C18H15Br2N/c1-12(21-18-9-8-16(19)11-17(18)20)14-7-6-13-4-2-3-5-15(13)10-14/h2-12,21H,1H3. The highest BCUT2D eigenvalue weighted by Gasteiger charge is 2.08. The summed E-state index contributed by atoms with van der Waals surface area (Å²) >= 11 is 7.07. The van der Waals surface area contributed by atoms with Crippen LogP contribution in [0.2, 0.25) is 0 Å². The monoisotopic (exact) mass is 403 g/mol. The van der Waals surface area contributed by atoms with Crippen LogP contribution < -0.4 is 5.32 Å². The van der Waals surface area contributed by atoms with Gasteiger partial charge in [-0.3, -0.25) is 0 Å². The molecule has 21 heavy (non-hydrogen) atoms. The molecule has 1 atom stereocenters. The molecule has 3 aromatic rings. The minimum atomic E-state index is 0.243. The van der Waals surface area contributed by atoms with E-state index in [0.717, 1.165) is 14.6 Å². The van der Waals surface area contributed by atoms with Gasteiger partial charge in [0.15, 0.2) is 0 Å². The van der Waals surface area contributed by atoms with Crippen molar-refractivity contribution in [2.45, 2.75) is 13.0 Å². The van der Waals surface area contributed by atoms with E-state index in [0.29, 0.717) is 0 Å². The second kappa shape index (κ2) is 6.20. The number of anilines is 1. The van der Waals surface area contributed by atoms with E-state index < -0.39 is 0 Å². The van der Waals surface area contributed by atoms with E-state index in [1.165, 1.54) is 16.3 Å². The number of hydrogen-bond donors (Lipinski definition) is 1. The molecule has 3 heteroatoms. The van der Waals surface area contributed by atoms with E-state index >= 15 is 0 Å². The fourth-order valence-corrected chi connectivity index (χ4v) is 3.56. The molecule has 0 radical (unpaired) electrons. The smallest absolute Gasteiger partial charge is 0.0490 e. The quantitative estimate of drug-likeness (QED) is 0.522. The topological polar surface area (TPSA) is 12.0 Å². The Hall–Kier alpha value is -1.32. The molecule has 0 aliphatic heterocycles. The highest BCUT2D eigenvalue weighted by Crippen LogP contribution is 2.30. The third-order valence-electron chi connectivity index (χ3n) is 3.58. The zero-order chi connectivity index (χ0) is 14.8. The molecule has 3 rings (SSSR count). The van der Waals surface area contributed by atoms with Crippen molar-refractivity contribution in [1.29, 1.82) is 0 Å². The molecule has 0 aliphatic rings. The summed E-state index contributed by atoms with van der Waals surface area (Å²) in [5.74, 6) is 0. The molecular weight excluding hydrogens is 390 g/mol. The summed E-state index contributed by atoms with van der Waals surface area (Å²) in [4.78, 5) is 0. The fraction of sp³-hybridized carbons (Fsp3) is 0.111. The highest BCUT2D eigenvalue weighted by atomic mass is 79.9. The Kier molecular flexibility index (Phi) is 4.32. The van der Waals surface area contributed by atoms with E-state index in [-0.39, 0.29) is 6.04 Å². The third kappa shape index (κ3) is 3.30. The lowest BCUT2D eigenvalue weighted by Gasteiger charge is -2.17. The molecule has 1 N–H and O–H groups in total. The number of hydrogen-bond acceptors (Lipinski definition) is 1. The Morgan fingerprint density at radius 1 is 0.857 bits per heavy atom. The first kappa shape index (κ1) is 14.6. The van der Waals surface area contributed by atoms with Gasteiger partial charge < -0.3 is 5.32 Å². The SMILES string of the molecule is CC(Nc1ccc(Br)cc1Br)c1ccc2ccccc2c1. The van der Waals surface area contributed by atoms with Crippen LogP contribution in [0.15, 0.2) is 69.6 Å². The molecule has 106 valence electrons. The van der Waals surface area contributed by atoms with E-state index in [1.54, 1.807) is 0 Å². The number of fused-ring (bicyclic) bond motifs is 1. The maximum absolute atomic E-state index is 3.60. The van der Waals surface area contributed by atoms with Gasteiger partial charge in [-0.1, -0.05) is 52.3 Å². The van der Waals surface area contributed by atoms with Gasteiger partial charge in [-0.2, -0.15) is 0 Å². The number of halogens is 2. The van der Waals surface area contributed by atoms with Gasteiger partial charge in [0.25, 0.3) is 0 Å². The van der Waals surface area contributed by atoms with Crippen LogP contribution in [-0.4, -0.2) is 0 Å². The predicted molar refractivity (Wildman–Crippen MR) is 97.8 cm³/mol. The first-order valence-electron chi connectivity index (χ1n) is 6.84. The van der Waals surface area contributed by atoms with Gasteiger partial charge in [0.2, 0.25) is 0 Å². The number of nitrogens with one attached hydrogen (secondary N) is 1. The Bertz CT molecular complexity index is 783. The second-order valence-corrected chi connectivity index (χ2v) is 6.87. The van der Waals surface area contributed by atoms with Gasteiger partial charge in [0.05, 0.1) is 0 Å². The van der Waals surface area contributed by atoms with Crippen molar-refractivity contribution in [3.8, 4) is 0 Å². The lowest BCUT2D eigenvalue weighted by atomic mass is 10.0. The summed E-state index contributed by atoms with van der Waals surface area (Å²) in [6.45, 7) is 2.18. The predicted octanol–water partition coefficient (Wildman–Crippen LogP) is 6.54. The van der Waals surface area contributed by atoms with Gasteiger partial charge in [-0.15, -0.1) is 0 Å². The normalized spacial score (nSPS) is 12.3.